The Morgan fingerprint density at radius 3 is 2.62 bits per heavy atom. The Labute approximate surface area is 146 Å². The average molecular weight is 377 g/mol. The summed E-state index contributed by atoms with van der Waals surface area (Å²) in [6.07, 6.45) is -3.41. The van der Waals surface area contributed by atoms with Gasteiger partial charge in [-0.3, -0.25) is 0 Å². The van der Waals surface area contributed by atoms with Crippen molar-refractivity contribution >= 4 is 34.4 Å². The fourth-order valence-corrected chi connectivity index (χ4v) is 2.84. The molecule has 0 aliphatic heterocycles. The highest BCUT2D eigenvalue weighted by atomic mass is 35.5. The van der Waals surface area contributed by atoms with E-state index in [1.165, 1.54) is 31.1 Å². The van der Waals surface area contributed by atoms with E-state index in [0.717, 1.165) is 10.3 Å². The Hall–Kier alpha value is -1.54. The number of benzene rings is 1. The lowest BCUT2D eigenvalue weighted by molar-refractivity contribution is -0.147. The first kappa shape index (κ1) is 18.8. The van der Waals surface area contributed by atoms with E-state index < -0.39 is 12.0 Å². The second-order valence-corrected chi connectivity index (χ2v) is 6.99. The minimum atomic E-state index is -4.65. The molecule has 2 rings (SSSR count). The average Bonchev–Trinajstić information content (AvgIpc) is 2.54. The molecule has 24 heavy (non-hydrogen) atoms. The number of thioether (sulfide) groups is 1. The van der Waals surface area contributed by atoms with Crippen LogP contribution in [0.5, 0.6) is 0 Å². The minimum absolute atomic E-state index is 0.215. The van der Waals surface area contributed by atoms with Crippen LogP contribution >= 0.6 is 23.4 Å². The van der Waals surface area contributed by atoms with E-state index in [4.69, 9.17) is 11.6 Å². The molecular formula is C15H16ClF3N4S. The third-order valence-electron chi connectivity index (χ3n) is 2.99. The smallest absolute Gasteiger partial charge is 0.322 e. The summed E-state index contributed by atoms with van der Waals surface area (Å²) in [5.41, 5.74) is 0.588. The summed E-state index contributed by atoms with van der Waals surface area (Å²) < 4.78 is 40.7. The number of halogens is 4. The molecule has 0 aliphatic rings. The zero-order chi connectivity index (χ0) is 17.9. The van der Waals surface area contributed by atoms with Gasteiger partial charge in [0.15, 0.2) is 0 Å². The highest BCUT2D eigenvalue weighted by Gasteiger charge is 2.35. The molecule has 1 aromatic carbocycles. The molecule has 0 saturated heterocycles. The molecule has 1 aromatic heterocycles. The molecule has 0 atom stereocenters. The highest BCUT2D eigenvalue weighted by molar-refractivity contribution is 7.99. The van der Waals surface area contributed by atoms with Crippen molar-refractivity contribution in [1.82, 2.24) is 19.7 Å². The van der Waals surface area contributed by atoms with Crippen LogP contribution in [0.3, 0.4) is 0 Å². The number of rotatable bonds is 3. The van der Waals surface area contributed by atoms with Crippen LogP contribution in [-0.2, 0) is 13.2 Å². The summed E-state index contributed by atoms with van der Waals surface area (Å²) in [6.45, 7) is 4.09. The van der Waals surface area contributed by atoms with Crippen molar-refractivity contribution in [2.45, 2.75) is 25.0 Å². The maximum Gasteiger partial charge on any atom is 0.451 e. The van der Waals surface area contributed by atoms with Gasteiger partial charge in [0.25, 0.3) is 0 Å². The van der Waals surface area contributed by atoms with Gasteiger partial charge in [0.1, 0.15) is 5.03 Å². The molecule has 0 saturated carbocycles. The minimum Gasteiger partial charge on any atom is -0.322 e. The Kier molecular flexibility index (Phi) is 5.92. The van der Waals surface area contributed by atoms with Crippen molar-refractivity contribution in [1.29, 1.82) is 0 Å². The quantitative estimate of drug-likeness (QED) is 0.714. The first-order valence-electron chi connectivity index (χ1n) is 7.11. The Bertz CT molecular complexity index is 788. The lowest BCUT2D eigenvalue weighted by Gasteiger charge is -2.10. The Balaban J connectivity index is 2.80. The molecule has 2 aromatic rings. The molecule has 4 nitrogen and oxygen atoms in total. The largest absolute Gasteiger partial charge is 0.451 e. The second-order valence-electron chi connectivity index (χ2n) is 5.51. The number of aromatic nitrogens is 4. The van der Waals surface area contributed by atoms with Gasteiger partial charge in [0.05, 0.1) is 17.2 Å². The lowest BCUT2D eigenvalue weighted by atomic mass is 10.3. The zero-order valence-corrected chi connectivity index (χ0v) is 14.9. The fourth-order valence-electron chi connectivity index (χ4n) is 1.89. The third kappa shape index (κ3) is 4.73. The van der Waals surface area contributed by atoms with Gasteiger partial charge in [-0.1, -0.05) is 25.4 Å². The molecule has 1 heterocycles. The Morgan fingerprint density at radius 2 is 2.00 bits per heavy atom. The van der Waals surface area contributed by atoms with Gasteiger partial charge in [-0.25, -0.2) is 4.98 Å². The van der Waals surface area contributed by atoms with Crippen LogP contribution in [0.25, 0.3) is 11.0 Å². The van der Waals surface area contributed by atoms with Crippen LogP contribution < -0.4 is 0 Å². The maximum absolute atomic E-state index is 13.3. The number of hydrogen-bond acceptors (Lipinski definition) is 4. The van der Waals surface area contributed by atoms with Crippen molar-refractivity contribution in [3.8, 4) is 0 Å². The van der Waals surface area contributed by atoms with Crippen LogP contribution in [0.1, 0.15) is 19.7 Å². The van der Waals surface area contributed by atoms with Crippen molar-refractivity contribution < 1.29 is 13.2 Å². The van der Waals surface area contributed by atoms with Crippen molar-refractivity contribution in [2.24, 2.45) is 13.0 Å². The van der Waals surface area contributed by atoms with Crippen LogP contribution in [0, 0.1) is 5.92 Å². The lowest BCUT2D eigenvalue weighted by Crippen LogP contribution is -2.16. The molecule has 9 heteroatoms. The summed E-state index contributed by atoms with van der Waals surface area (Å²) in [5.74, 6) is 0.0346. The predicted octanol–water partition coefficient (Wildman–Crippen LogP) is 4.91. The van der Waals surface area contributed by atoms with E-state index in [1.807, 2.05) is 13.8 Å². The van der Waals surface area contributed by atoms with Gasteiger partial charge in [-0.05, 0) is 24.1 Å². The molecule has 0 aliphatic carbocycles. The number of nitrogens with zero attached hydrogens (tertiary/aromatic N) is 4. The van der Waals surface area contributed by atoms with Gasteiger partial charge in [-0.2, -0.15) is 18.3 Å². The topological polar surface area (TPSA) is 43.6 Å². The molecule has 0 amide bonds. The number of aryl methyl sites for hydroxylation is 1. The van der Waals surface area contributed by atoms with Crippen molar-refractivity contribution in [3.63, 3.8) is 0 Å². The predicted molar refractivity (Wildman–Crippen MR) is 89.5 cm³/mol. The summed E-state index contributed by atoms with van der Waals surface area (Å²) in [5, 5.41) is 7.73. The van der Waals surface area contributed by atoms with Gasteiger partial charge in [0.2, 0.25) is 5.82 Å². The van der Waals surface area contributed by atoms with Gasteiger partial charge < -0.3 is 4.57 Å². The van der Waals surface area contributed by atoms with Crippen molar-refractivity contribution in [2.75, 3.05) is 5.75 Å². The molecule has 0 spiro atoms. The van der Waals surface area contributed by atoms with E-state index >= 15 is 0 Å². The van der Waals surface area contributed by atoms with E-state index in [1.54, 1.807) is 12.1 Å². The van der Waals surface area contributed by atoms with Gasteiger partial charge in [0, 0.05) is 17.8 Å². The van der Waals surface area contributed by atoms with E-state index in [2.05, 4.69) is 15.2 Å². The molecule has 0 bridgehead atoms. The fraction of sp³-hybridized carbons (Fsp3) is 0.400. The number of fused-ring (bicyclic) bond motifs is 1. The number of hydrogen-bond donors (Lipinski definition) is 0. The molecule has 0 fully saturated rings. The third-order valence-corrected chi connectivity index (χ3v) is 4.55. The second kappa shape index (κ2) is 7.57. The van der Waals surface area contributed by atoms with Crippen LogP contribution in [-0.4, -0.2) is 25.5 Å². The first-order chi connectivity index (χ1) is 11.2. The summed E-state index contributed by atoms with van der Waals surface area (Å²) in [4.78, 5) is 4.43. The van der Waals surface area contributed by atoms with E-state index in [9.17, 15) is 13.2 Å². The molecule has 0 radical (unpaired) electrons. The summed E-state index contributed by atoms with van der Waals surface area (Å²) in [6, 6.07) is 4.59. The maximum atomic E-state index is 13.3. The zero-order valence-electron chi connectivity index (χ0n) is 13.3. The standard InChI is InChI=1S/C15H16ClF3N4S/c1-9(2)8-24-13-7-20-22-14(15(17,18)19)23(3)12-6-10(16)4-5-11(12)21-13/h4-7,9H,8H2,1-3H3. The highest BCUT2D eigenvalue weighted by Crippen LogP contribution is 2.28. The van der Waals surface area contributed by atoms with Crippen LogP contribution in [0.2, 0.25) is 5.02 Å². The summed E-state index contributed by atoms with van der Waals surface area (Å²) >= 11 is 7.36. The monoisotopic (exact) mass is 376 g/mol. The molecule has 130 valence electrons. The van der Waals surface area contributed by atoms with E-state index in [0.29, 0.717) is 21.5 Å². The number of alkyl halides is 3. The van der Waals surface area contributed by atoms with E-state index in [-0.39, 0.29) is 5.52 Å². The molecule has 0 N–H and O–H groups in total. The van der Waals surface area contributed by atoms with Gasteiger partial charge in [-0.15, -0.1) is 16.9 Å². The Morgan fingerprint density at radius 1 is 1.29 bits per heavy atom. The van der Waals surface area contributed by atoms with Crippen LogP contribution in [0.4, 0.5) is 13.2 Å². The molecule has 0 unspecified atom stereocenters. The first-order valence-corrected chi connectivity index (χ1v) is 8.48. The summed E-state index contributed by atoms with van der Waals surface area (Å²) in [7, 11) is 1.26. The van der Waals surface area contributed by atoms with Crippen molar-refractivity contribution in [3.05, 3.63) is 35.2 Å². The van der Waals surface area contributed by atoms with Gasteiger partial charge >= 0.3 is 6.18 Å². The SMILES string of the molecule is CC(C)CSc1cnnc(C(F)(F)F)n(C)c2cc(Cl)ccc2n1. The van der Waals surface area contributed by atoms with Crippen LogP contribution in [0.15, 0.2) is 29.4 Å². The molecular weight excluding hydrogens is 361 g/mol. The normalized spacial score (nSPS) is 11.8.